The lowest BCUT2D eigenvalue weighted by Gasteiger charge is -2.07. The molecule has 0 unspecified atom stereocenters. The molecule has 3 N–H and O–H groups in total. The molecule has 1 fully saturated rings. The van der Waals surface area contributed by atoms with Gasteiger partial charge in [0.1, 0.15) is 12.4 Å². The normalized spacial score (nSPS) is 14.0. The van der Waals surface area contributed by atoms with Gasteiger partial charge in [0.2, 0.25) is 0 Å². The van der Waals surface area contributed by atoms with Gasteiger partial charge in [-0.05, 0) is 36.1 Å². The Morgan fingerprint density at radius 3 is 2.39 bits per heavy atom. The molecule has 0 atom stereocenters. The highest BCUT2D eigenvalue weighted by Gasteiger charge is 2.21. The Hall–Kier alpha value is -1.76. The highest BCUT2D eigenvalue weighted by molar-refractivity contribution is 14.0. The van der Waals surface area contributed by atoms with E-state index in [0.29, 0.717) is 25.2 Å². The first-order chi connectivity index (χ1) is 10.8. The van der Waals surface area contributed by atoms with Crippen LogP contribution in [0.15, 0.2) is 59.6 Å². The smallest absolute Gasteiger partial charge is 0.189 e. The second-order valence-electron chi connectivity index (χ2n) is 5.54. The van der Waals surface area contributed by atoms with Crippen LogP contribution in [-0.4, -0.2) is 12.0 Å². The number of nitrogens with two attached hydrogens (primary N) is 1. The number of aliphatic imine (C=N–C) groups is 1. The number of hydrogen-bond donors (Lipinski definition) is 2. The molecule has 0 saturated heterocycles. The minimum absolute atomic E-state index is 0. The fourth-order valence-corrected chi connectivity index (χ4v) is 2.09. The van der Waals surface area contributed by atoms with Gasteiger partial charge in [-0.3, -0.25) is 0 Å². The van der Waals surface area contributed by atoms with Crippen LogP contribution in [0.25, 0.3) is 0 Å². The maximum Gasteiger partial charge on any atom is 0.189 e. The van der Waals surface area contributed by atoms with Crippen molar-refractivity contribution < 1.29 is 4.74 Å². The summed E-state index contributed by atoms with van der Waals surface area (Å²) in [5.74, 6) is 1.40. The molecule has 2 aromatic rings. The summed E-state index contributed by atoms with van der Waals surface area (Å²) in [7, 11) is 0. The number of nitrogens with one attached hydrogen (secondary N) is 1. The molecule has 1 aliphatic rings. The van der Waals surface area contributed by atoms with Crippen LogP contribution in [0.3, 0.4) is 0 Å². The van der Waals surface area contributed by atoms with E-state index in [4.69, 9.17) is 10.5 Å². The van der Waals surface area contributed by atoms with Crippen LogP contribution in [0.2, 0.25) is 0 Å². The number of hydrogen-bond acceptors (Lipinski definition) is 2. The van der Waals surface area contributed by atoms with Gasteiger partial charge in [0.05, 0.1) is 6.54 Å². The Morgan fingerprint density at radius 1 is 1.04 bits per heavy atom. The summed E-state index contributed by atoms with van der Waals surface area (Å²) in [6, 6.07) is 18.7. The lowest BCUT2D eigenvalue weighted by Crippen LogP contribution is -2.33. The SMILES string of the molecule is I.NC(=NCc1ccc(OCc2ccccc2)cc1)NC1CC1. The quantitative estimate of drug-likeness (QED) is 0.425. The Morgan fingerprint density at radius 2 is 1.74 bits per heavy atom. The minimum Gasteiger partial charge on any atom is -0.489 e. The average Bonchev–Trinajstić information content (AvgIpc) is 3.37. The first kappa shape index (κ1) is 17.6. The molecule has 1 saturated carbocycles. The summed E-state index contributed by atoms with van der Waals surface area (Å²) in [5.41, 5.74) is 8.10. The first-order valence-electron chi connectivity index (χ1n) is 7.62. The number of nitrogens with zero attached hydrogens (tertiary/aromatic N) is 1. The molecule has 3 rings (SSSR count). The third-order valence-corrected chi connectivity index (χ3v) is 3.53. The van der Waals surface area contributed by atoms with Crippen LogP contribution in [0.1, 0.15) is 24.0 Å². The monoisotopic (exact) mass is 423 g/mol. The lowest BCUT2D eigenvalue weighted by molar-refractivity contribution is 0.306. The topological polar surface area (TPSA) is 59.6 Å². The third kappa shape index (κ3) is 6.09. The van der Waals surface area contributed by atoms with Gasteiger partial charge in [0.15, 0.2) is 5.96 Å². The van der Waals surface area contributed by atoms with Crippen molar-refractivity contribution in [2.75, 3.05) is 0 Å². The van der Waals surface area contributed by atoms with E-state index in [9.17, 15) is 0 Å². The van der Waals surface area contributed by atoms with Gasteiger partial charge in [-0.15, -0.1) is 24.0 Å². The Bertz CT molecular complexity index is 624. The minimum atomic E-state index is 0. The summed E-state index contributed by atoms with van der Waals surface area (Å²) in [6.07, 6.45) is 2.40. The van der Waals surface area contributed by atoms with Crippen LogP contribution >= 0.6 is 24.0 Å². The molecule has 0 aliphatic heterocycles. The molecule has 0 radical (unpaired) electrons. The summed E-state index contributed by atoms with van der Waals surface area (Å²) < 4.78 is 5.76. The van der Waals surface area contributed by atoms with Crippen molar-refractivity contribution in [1.82, 2.24) is 5.32 Å². The van der Waals surface area contributed by atoms with E-state index in [1.54, 1.807) is 0 Å². The predicted octanol–water partition coefficient (Wildman–Crippen LogP) is 3.45. The van der Waals surface area contributed by atoms with E-state index in [1.807, 2.05) is 42.5 Å². The molecule has 2 aromatic carbocycles. The van der Waals surface area contributed by atoms with Crippen LogP contribution in [0, 0.1) is 0 Å². The zero-order valence-corrected chi connectivity index (χ0v) is 15.3. The van der Waals surface area contributed by atoms with Gasteiger partial charge in [-0.25, -0.2) is 4.99 Å². The van der Waals surface area contributed by atoms with E-state index >= 15 is 0 Å². The van der Waals surface area contributed by atoms with E-state index < -0.39 is 0 Å². The van der Waals surface area contributed by atoms with Gasteiger partial charge in [0.25, 0.3) is 0 Å². The van der Waals surface area contributed by atoms with E-state index in [0.717, 1.165) is 16.9 Å². The van der Waals surface area contributed by atoms with Crippen molar-refractivity contribution in [2.24, 2.45) is 10.7 Å². The van der Waals surface area contributed by atoms with Gasteiger partial charge < -0.3 is 15.8 Å². The number of halogens is 1. The molecule has 23 heavy (non-hydrogen) atoms. The van der Waals surface area contributed by atoms with Crippen molar-refractivity contribution in [2.45, 2.75) is 32.0 Å². The van der Waals surface area contributed by atoms with Crippen molar-refractivity contribution in [3.8, 4) is 5.75 Å². The largest absolute Gasteiger partial charge is 0.489 e. The number of guanidine groups is 1. The highest BCUT2D eigenvalue weighted by Crippen LogP contribution is 2.18. The number of ether oxygens (including phenoxy) is 1. The average molecular weight is 423 g/mol. The van der Waals surface area contributed by atoms with E-state index in [1.165, 1.54) is 12.8 Å². The fourth-order valence-electron chi connectivity index (χ4n) is 2.09. The summed E-state index contributed by atoms with van der Waals surface area (Å²) in [4.78, 5) is 4.34. The third-order valence-electron chi connectivity index (χ3n) is 3.53. The Labute approximate surface area is 154 Å². The molecule has 122 valence electrons. The maximum absolute atomic E-state index is 5.82. The molecular weight excluding hydrogens is 401 g/mol. The van der Waals surface area contributed by atoms with Crippen LogP contribution in [-0.2, 0) is 13.2 Å². The molecule has 1 aliphatic carbocycles. The van der Waals surface area contributed by atoms with Crippen molar-refractivity contribution in [1.29, 1.82) is 0 Å². The second kappa shape index (κ2) is 8.76. The molecule has 0 spiro atoms. The maximum atomic E-state index is 5.82. The van der Waals surface area contributed by atoms with Crippen molar-refractivity contribution >= 4 is 29.9 Å². The molecule has 0 aromatic heterocycles. The standard InChI is InChI=1S/C18H21N3O.HI/c19-18(21-16-8-9-16)20-12-14-6-10-17(11-7-14)22-13-15-4-2-1-3-5-15;/h1-7,10-11,16H,8-9,12-13H2,(H3,19,20,21);1H. The molecule has 0 bridgehead atoms. The fraction of sp³-hybridized carbons (Fsp3) is 0.278. The second-order valence-corrected chi connectivity index (χ2v) is 5.54. The summed E-state index contributed by atoms with van der Waals surface area (Å²) in [6.45, 7) is 1.17. The zero-order valence-electron chi connectivity index (χ0n) is 12.9. The molecular formula is C18H22IN3O. The van der Waals surface area contributed by atoms with Crippen LogP contribution < -0.4 is 15.8 Å². The molecule has 0 amide bonds. The van der Waals surface area contributed by atoms with Crippen LogP contribution in [0.5, 0.6) is 5.75 Å². The summed E-state index contributed by atoms with van der Waals surface area (Å²) in [5, 5.41) is 3.18. The summed E-state index contributed by atoms with van der Waals surface area (Å²) >= 11 is 0. The molecule has 5 heteroatoms. The van der Waals surface area contributed by atoms with Crippen LogP contribution in [0.4, 0.5) is 0 Å². The zero-order chi connectivity index (χ0) is 15.2. The Kier molecular flexibility index (Phi) is 6.70. The van der Waals surface area contributed by atoms with E-state index in [2.05, 4.69) is 22.4 Å². The number of rotatable bonds is 6. The van der Waals surface area contributed by atoms with Gasteiger partial charge >= 0.3 is 0 Å². The van der Waals surface area contributed by atoms with Gasteiger partial charge in [-0.2, -0.15) is 0 Å². The molecule has 4 nitrogen and oxygen atoms in total. The number of benzene rings is 2. The first-order valence-corrected chi connectivity index (χ1v) is 7.62. The van der Waals surface area contributed by atoms with Gasteiger partial charge in [-0.1, -0.05) is 42.5 Å². The lowest BCUT2D eigenvalue weighted by atomic mass is 10.2. The molecule has 0 heterocycles. The predicted molar refractivity (Wildman–Crippen MR) is 104 cm³/mol. The highest BCUT2D eigenvalue weighted by atomic mass is 127. The Balaban J connectivity index is 0.00000192. The van der Waals surface area contributed by atoms with Gasteiger partial charge in [0, 0.05) is 6.04 Å². The van der Waals surface area contributed by atoms with Crippen molar-refractivity contribution in [3.63, 3.8) is 0 Å². The van der Waals surface area contributed by atoms with E-state index in [-0.39, 0.29) is 24.0 Å². The van der Waals surface area contributed by atoms with Crippen molar-refractivity contribution in [3.05, 3.63) is 65.7 Å².